The van der Waals surface area contributed by atoms with E-state index in [1.165, 1.54) is 12.1 Å². The molecule has 0 aliphatic rings. The van der Waals surface area contributed by atoms with Crippen molar-refractivity contribution in [2.75, 3.05) is 0 Å². The molecule has 0 unspecified atom stereocenters. The molecular weight excluding hydrogens is 1220 g/mol. The lowest BCUT2D eigenvalue weighted by Gasteiger charge is -2.46. The number of rotatable bonds is 9. The summed E-state index contributed by atoms with van der Waals surface area (Å²) in [6, 6.07) is 18.4. The Hall–Kier alpha value is -8.73. The molecule has 0 radical (unpaired) electrons. The standard InChI is InChI=1S/C32H12BF24.C24H17NO4/c34-25(35,36)13-1-14(26(37,38)39)6-21(5-13)33(22-7-15(27(40,41)42)2-16(8-22)28(43,44)45,23-9-17(29(46,47)48)3-18(10-23)30(49,50)51)24-11-19(31(52,53)54)4-20(12-24)32(55,56)57;26-23(27)19-10-6-11-20(15-19)29-24(28)22-14-13-18-9-4-5-12-21(18)25(22)16-17-7-2-1-3-8-17/h1-12H;1-15H,16H2/q-1;/p+1. The van der Waals surface area contributed by atoms with Gasteiger partial charge in [-0.3, -0.25) is 0 Å². The SMILES string of the molecule is FC(F)(F)c1cc([B-](c2cc(C(F)(F)F)cc(C(F)(F)F)c2)(c2cc(C(F)(F)F)cc(C(F)(F)F)c2)c2cc(C(F)(F)F)cc(C(F)(F)F)c2)cc(C(F)(F)F)c1.O=C(O)c1cccc(OC(=O)c2ccc3ccccc3[n+]2Cc2ccccc2)c1. The fraction of sp³-hybridized carbons (Fsp3) is 0.161. The third-order valence-corrected chi connectivity index (χ3v) is 13.1. The number of carboxylic acid groups (broad SMARTS) is 1. The number of carbonyl (C=O) groups is 2. The lowest BCUT2D eigenvalue weighted by Crippen LogP contribution is -2.75. The first-order valence-electron chi connectivity index (χ1n) is 23.7. The zero-order chi connectivity index (χ0) is 64.1. The lowest BCUT2D eigenvalue weighted by molar-refractivity contribution is -0.664. The Morgan fingerprint density at radius 1 is 0.372 bits per heavy atom. The Balaban J connectivity index is 0.000000302. The van der Waals surface area contributed by atoms with Gasteiger partial charge in [0.15, 0.2) is 6.54 Å². The highest BCUT2D eigenvalue weighted by Crippen LogP contribution is 2.42. The maximum atomic E-state index is 14.2. The van der Waals surface area contributed by atoms with Crippen LogP contribution in [0.3, 0.4) is 0 Å². The van der Waals surface area contributed by atoms with Crippen LogP contribution in [0.1, 0.15) is 70.9 Å². The highest BCUT2D eigenvalue weighted by molar-refractivity contribution is 7.20. The van der Waals surface area contributed by atoms with E-state index in [1.54, 1.807) is 18.2 Å². The molecule has 0 bridgehead atoms. The molecule has 1 aromatic heterocycles. The van der Waals surface area contributed by atoms with E-state index in [0.29, 0.717) is 12.2 Å². The number of fused-ring (bicyclic) bond motifs is 1. The smallest absolute Gasteiger partial charge is 0.416 e. The Kier molecular flexibility index (Phi) is 17.3. The molecule has 0 saturated heterocycles. The van der Waals surface area contributed by atoms with Crippen molar-refractivity contribution in [1.82, 2.24) is 0 Å². The van der Waals surface area contributed by atoms with Crippen molar-refractivity contribution in [3.8, 4) is 5.75 Å². The van der Waals surface area contributed by atoms with E-state index < -0.39 is 207 Å². The van der Waals surface area contributed by atoms with Crippen molar-refractivity contribution in [3.05, 3.63) is 225 Å². The number of ether oxygens (including phenoxy) is 1. The quantitative estimate of drug-likeness (QED) is 0.0514. The van der Waals surface area contributed by atoms with Crippen LogP contribution in [0.4, 0.5) is 105 Å². The molecule has 1 N–H and O–H groups in total. The Morgan fingerprint density at radius 3 is 1.02 bits per heavy atom. The van der Waals surface area contributed by atoms with Gasteiger partial charge in [0.05, 0.1) is 50.1 Å². The van der Waals surface area contributed by atoms with Crippen molar-refractivity contribution in [2.24, 2.45) is 0 Å². The highest BCUT2D eigenvalue weighted by atomic mass is 19.4. The van der Waals surface area contributed by atoms with Crippen molar-refractivity contribution >= 4 is 50.8 Å². The van der Waals surface area contributed by atoms with E-state index in [4.69, 9.17) is 9.84 Å². The molecule has 86 heavy (non-hydrogen) atoms. The molecule has 8 aromatic rings. The first kappa shape index (κ1) is 64.8. The summed E-state index contributed by atoms with van der Waals surface area (Å²) in [7, 11) is 0. The second-order valence-electron chi connectivity index (χ2n) is 18.8. The molecule has 1 heterocycles. The maximum Gasteiger partial charge on any atom is 0.416 e. The highest BCUT2D eigenvalue weighted by Gasteiger charge is 2.47. The minimum atomic E-state index is -6.13. The third-order valence-electron chi connectivity index (χ3n) is 13.1. The van der Waals surface area contributed by atoms with Gasteiger partial charge in [-0.1, -0.05) is 97.1 Å². The van der Waals surface area contributed by atoms with Crippen molar-refractivity contribution in [2.45, 2.75) is 56.0 Å². The molecule has 30 heteroatoms. The lowest BCUT2D eigenvalue weighted by atomic mass is 9.12. The van der Waals surface area contributed by atoms with E-state index in [0.717, 1.165) is 16.5 Å². The van der Waals surface area contributed by atoms with E-state index in [-0.39, 0.29) is 11.3 Å². The number of benzene rings is 7. The van der Waals surface area contributed by atoms with Gasteiger partial charge < -0.3 is 9.84 Å². The number of hydrogen-bond acceptors (Lipinski definition) is 3. The number of aromatic carboxylic acids is 1. The maximum absolute atomic E-state index is 14.2. The van der Waals surface area contributed by atoms with Gasteiger partial charge in [-0.25, -0.2) is 9.59 Å². The van der Waals surface area contributed by atoms with Crippen molar-refractivity contribution in [3.63, 3.8) is 0 Å². The number of para-hydroxylation sites is 1. The molecule has 0 spiro atoms. The molecule has 7 aromatic carbocycles. The number of carboxylic acids is 1. The molecule has 0 atom stereocenters. The van der Waals surface area contributed by atoms with Crippen LogP contribution in [0.25, 0.3) is 10.9 Å². The van der Waals surface area contributed by atoms with Crippen LogP contribution in [0.2, 0.25) is 0 Å². The van der Waals surface area contributed by atoms with Gasteiger partial charge in [0.25, 0.3) is 5.69 Å². The normalized spacial score (nSPS) is 13.1. The van der Waals surface area contributed by atoms with Crippen LogP contribution in [-0.4, -0.2) is 23.2 Å². The number of esters is 1. The van der Waals surface area contributed by atoms with Gasteiger partial charge in [-0.15, -0.1) is 0 Å². The van der Waals surface area contributed by atoms with Gasteiger partial charge in [-0.05, 0) is 54.6 Å². The summed E-state index contributed by atoms with van der Waals surface area (Å²) in [5, 5.41) is 10.1. The predicted octanol–water partition coefficient (Wildman–Crippen LogP) is 15.3. The average molecular weight is 1250 g/mol. The van der Waals surface area contributed by atoms with E-state index >= 15 is 0 Å². The Bertz CT molecular complexity index is 3400. The molecule has 0 amide bonds. The van der Waals surface area contributed by atoms with Gasteiger partial charge in [0, 0.05) is 23.1 Å². The minimum absolute atomic E-state index is 0.0611. The molecule has 8 rings (SSSR count). The summed E-state index contributed by atoms with van der Waals surface area (Å²) in [5.41, 5.74) is -27.8. The number of pyridine rings is 1. The van der Waals surface area contributed by atoms with Crippen LogP contribution in [0.5, 0.6) is 5.75 Å². The van der Waals surface area contributed by atoms with Crippen LogP contribution in [0.15, 0.2) is 164 Å². The number of hydrogen-bond donors (Lipinski definition) is 1. The van der Waals surface area contributed by atoms with E-state index in [1.807, 2.05) is 65.2 Å². The molecule has 0 aliphatic carbocycles. The predicted molar refractivity (Wildman–Crippen MR) is 258 cm³/mol. The summed E-state index contributed by atoms with van der Waals surface area (Å²) in [6.45, 7) is 0.502. The van der Waals surface area contributed by atoms with Gasteiger partial charge in [-0.2, -0.15) is 132 Å². The molecule has 0 saturated carbocycles. The van der Waals surface area contributed by atoms with Gasteiger partial charge in [0.2, 0.25) is 5.52 Å². The van der Waals surface area contributed by atoms with Gasteiger partial charge >= 0.3 is 61.3 Å². The number of nitrogens with zero attached hydrogens (tertiary/aromatic N) is 1. The first-order chi connectivity index (χ1) is 39.4. The monoisotopic (exact) mass is 1250 g/mol. The third kappa shape index (κ3) is 14.5. The van der Waals surface area contributed by atoms with Crippen LogP contribution < -0.4 is 31.2 Å². The van der Waals surface area contributed by atoms with Crippen LogP contribution in [-0.2, 0) is 56.0 Å². The van der Waals surface area contributed by atoms with Crippen LogP contribution in [0, 0.1) is 0 Å². The minimum Gasteiger partial charge on any atom is -0.478 e. The summed E-state index contributed by atoms with van der Waals surface area (Å²) in [6.07, 6.45) is -54.8. The average Bonchev–Trinajstić information content (AvgIpc) is 1.16. The molecule has 0 fully saturated rings. The zero-order valence-electron chi connectivity index (χ0n) is 42.1. The summed E-state index contributed by atoms with van der Waals surface area (Å²) in [4.78, 5) is 24.1. The Morgan fingerprint density at radius 2 is 0.698 bits per heavy atom. The molecule has 5 nitrogen and oxygen atoms in total. The van der Waals surface area contributed by atoms with Crippen molar-refractivity contribution < 1.29 is 129 Å². The first-order valence-corrected chi connectivity index (χ1v) is 23.7. The van der Waals surface area contributed by atoms with Gasteiger partial charge in [0.1, 0.15) is 11.9 Å². The molecular formula is C56H30BF24NO4. The summed E-state index contributed by atoms with van der Waals surface area (Å²) >= 11 is 0. The van der Waals surface area contributed by atoms with Crippen molar-refractivity contribution in [1.29, 1.82) is 0 Å². The molecule has 454 valence electrons. The topological polar surface area (TPSA) is 67.5 Å². The fourth-order valence-corrected chi connectivity index (χ4v) is 9.30. The second kappa shape index (κ2) is 22.9. The summed E-state index contributed by atoms with van der Waals surface area (Å²) in [5.74, 6) is -1.43. The largest absolute Gasteiger partial charge is 0.478 e. The Labute approximate surface area is 466 Å². The summed E-state index contributed by atoms with van der Waals surface area (Å²) < 4.78 is 348. The van der Waals surface area contributed by atoms with Crippen LogP contribution >= 0.6 is 0 Å². The molecule has 0 aliphatic heterocycles. The number of halogens is 24. The zero-order valence-corrected chi connectivity index (χ0v) is 42.1. The van der Waals surface area contributed by atoms with E-state index in [9.17, 15) is 115 Å². The van der Waals surface area contributed by atoms with E-state index in [2.05, 4.69) is 0 Å². The number of carbonyl (C=O) groups excluding carboxylic acids is 1. The number of aromatic nitrogens is 1. The number of alkyl halides is 24. The fourth-order valence-electron chi connectivity index (χ4n) is 9.30. The second-order valence-corrected chi connectivity index (χ2v) is 18.8.